The molecule has 0 aliphatic carbocycles. The summed E-state index contributed by atoms with van der Waals surface area (Å²) >= 11 is 0. The van der Waals surface area contributed by atoms with Gasteiger partial charge in [-0.2, -0.15) is 0 Å². The van der Waals surface area contributed by atoms with E-state index >= 15 is 0 Å². The van der Waals surface area contributed by atoms with E-state index in [0.29, 0.717) is 31.2 Å². The summed E-state index contributed by atoms with van der Waals surface area (Å²) in [6.45, 7) is 4.52. The Morgan fingerprint density at radius 2 is 2.03 bits per heavy atom. The highest BCUT2D eigenvalue weighted by Crippen LogP contribution is 2.46. The molecule has 182 valence electrons. The van der Waals surface area contributed by atoms with Crippen molar-refractivity contribution in [3.63, 3.8) is 0 Å². The summed E-state index contributed by atoms with van der Waals surface area (Å²) in [4.78, 5) is 21.9. The molecule has 3 aliphatic heterocycles. The van der Waals surface area contributed by atoms with Gasteiger partial charge in [0.2, 0.25) is 5.91 Å². The van der Waals surface area contributed by atoms with Gasteiger partial charge >= 0.3 is 0 Å². The standard InChI is InChI=1S/C27H36N4O3/c1-33-25-7-6-21-16-26(25)34-14-3-2-12-30(18-20-8-10-28-11-9-20)19-27(32)29-17-22-15-24(21)31-13-4-5-23(22)31/h6-11,16,22-24H,2-5,12-15,17-19H2,1H3,(H,29,32)/t22-,23+,24-/m1/s1. The molecule has 4 heterocycles. The Bertz CT molecular complexity index is 970. The molecule has 1 aromatic carbocycles. The maximum absolute atomic E-state index is 12.9. The third-order valence-electron chi connectivity index (χ3n) is 7.60. The molecule has 0 spiro atoms. The van der Waals surface area contributed by atoms with Gasteiger partial charge in [0.15, 0.2) is 11.5 Å². The number of nitrogens with one attached hydrogen (secondary N) is 1. The lowest BCUT2D eigenvalue weighted by Crippen LogP contribution is -2.41. The van der Waals surface area contributed by atoms with Gasteiger partial charge in [-0.25, -0.2) is 0 Å². The summed E-state index contributed by atoms with van der Waals surface area (Å²) in [6, 6.07) is 11.4. The van der Waals surface area contributed by atoms with Crippen molar-refractivity contribution in [3.05, 3.63) is 53.9 Å². The van der Waals surface area contributed by atoms with Crippen molar-refractivity contribution in [2.75, 3.05) is 39.9 Å². The molecule has 1 amide bonds. The lowest BCUT2D eigenvalue weighted by Gasteiger charge is -2.25. The predicted molar refractivity (Wildman–Crippen MR) is 131 cm³/mol. The van der Waals surface area contributed by atoms with Gasteiger partial charge in [0.25, 0.3) is 0 Å². The monoisotopic (exact) mass is 464 g/mol. The third-order valence-corrected chi connectivity index (χ3v) is 7.60. The summed E-state index contributed by atoms with van der Waals surface area (Å²) in [5.74, 6) is 2.24. The largest absolute Gasteiger partial charge is 0.493 e. The molecule has 3 atom stereocenters. The maximum atomic E-state index is 12.9. The number of nitrogens with zero attached hydrogens (tertiary/aromatic N) is 3. The van der Waals surface area contributed by atoms with Crippen LogP contribution in [-0.4, -0.2) is 66.6 Å². The van der Waals surface area contributed by atoms with Crippen molar-refractivity contribution in [3.8, 4) is 11.5 Å². The second-order valence-corrected chi connectivity index (χ2v) is 9.80. The third kappa shape index (κ3) is 5.20. The molecule has 0 radical (unpaired) electrons. The molecule has 2 aromatic rings. The summed E-state index contributed by atoms with van der Waals surface area (Å²) in [5.41, 5.74) is 2.47. The molecule has 0 unspecified atom stereocenters. The van der Waals surface area contributed by atoms with Crippen molar-refractivity contribution in [2.45, 2.75) is 50.7 Å². The van der Waals surface area contributed by atoms with Crippen LogP contribution in [-0.2, 0) is 11.3 Å². The van der Waals surface area contributed by atoms with Gasteiger partial charge in [-0.3, -0.25) is 19.6 Å². The van der Waals surface area contributed by atoms with Gasteiger partial charge in [0.1, 0.15) is 0 Å². The van der Waals surface area contributed by atoms with Crippen LogP contribution in [0.2, 0.25) is 0 Å². The van der Waals surface area contributed by atoms with Crippen LogP contribution in [0.4, 0.5) is 0 Å². The Labute approximate surface area is 202 Å². The van der Waals surface area contributed by atoms with Gasteiger partial charge in [0.05, 0.1) is 20.3 Å². The van der Waals surface area contributed by atoms with Crippen LogP contribution < -0.4 is 14.8 Å². The van der Waals surface area contributed by atoms with Gasteiger partial charge in [-0.1, -0.05) is 6.07 Å². The minimum Gasteiger partial charge on any atom is -0.493 e. The number of benzene rings is 1. The second kappa shape index (κ2) is 10.7. The highest BCUT2D eigenvalue weighted by atomic mass is 16.5. The zero-order valence-corrected chi connectivity index (χ0v) is 20.1. The van der Waals surface area contributed by atoms with E-state index in [1.165, 1.54) is 24.0 Å². The molecule has 1 N–H and O–H groups in total. The number of carbonyl (C=O) groups is 1. The first kappa shape index (κ1) is 23.1. The van der Waals surface area contributed by atoms with Crippen LogP contribution >= 0.6 is 0 Å². The van der Waals surface area contributed by atoms with Crippen molar-refractivity contribution >= 4 is 5.91 Å². The molecule has 3 aliphatic rings. The minimum absolute atomic E-state index is 0.122. The molecule has 7 nitrogen and oxygen atoms in total. The van der Waals surface area contributed by atoms with Crippen LogP contribution in [0.15, 0.2) is 42.7 Å². The molecule has 0 saturated carbocycles. The van der Waals surface area contributed by atoms with E-state index in [0.717, 1.165) is 56.9 Å². The molecular weight excluding hydrogens is 428 g/mol. The van der Waals surface area contributed by atoms with E-state index < -0.39 is 0 Å². The van der Waals surface area contributed by atoms with E-state index in [-0.39, 0.29) is 5.91 Å². The summed E-state index contributed by atoms with van der Waals surface area (Å²) < 4.78 is 11.8. The lowest BCUT2D eigenvalue weighted by molar-refractivity contribution is -0.122. The van der Waals surface area contributed by atoms with Crippen molar-refractivity contribution in [1.82, 2.24) is 20.1 Å². The number of methoxy groups -OCH3 is 1. The van der Waals surface area contributed by atoms with Crippen LogP contribution in [0.3, 0.4) is 0 Å². The summed E-state index contributed by atoms with van der Waals surface area (Å²) in [6.07, 6.45) is 9.01. The zero-order chi connectivity index (χ0) is 23.3. The first-order valence-corrected chi connectivity index (χ1v) is 12.7. The average Bonchev–Trinajstić information content (AvgIpc) is 3.46. The normalized spacial score (nSPS) is 26.5. The molecule has 1 aromatic heterocycles. The number of fused-ring (bicyclic) bond motifs is 8. The molecule has 34 heavy (non-hydrogen) atoms. The smallest absolute Gasteiger partial charge is 0.234 e. The topological polar surface area (TPSA) is 66.9 Å². The van der Waals surface area contributed by atoms with Crippen molar-refractivity contribution < 1.29 is 14.3 Å². The van der Waals surface area contributed by atoms with Gasteiger partial charge in [-0.15, -0.1) is 0 Å². The zero-order valence-electron chi connectivity index (χ0n) is 20.1. The van der Waals surface area contributed by atoms with Crippen LogP contribution in [0.5, 0.6) is 11.5 Å². The molecule has 4 bridgehead atoms. The average molecular weight is 465 g/mol. The quantitative estimate of drug-likeness (QED) is 0.751. The molecular formula is C27H36N4O3. The van der Waals surface area contributed by atoms with Crippen LogP contribution in [0.25, 0.3) is 0 Å². The Hall–Kier alpha value is -2.64. The van der Waals surface area contributed by atoms with Gasteiger partial charge in [0, 0.05) is 37.6 Å². The lowest BCUT2D eigenvalue weighted by atomic mass is 9.94. The highest BCUT2D eigenvalue weighted by molar-refractivity contribution is 5.78. The number of carbonyl (C=O) groups excluding carboxylic acids is 1. The van der Waals surface area contributed by atoms with E-state index in [1.54, 1.807) is 7.11 Å². The van der Waals surface area contributed by atoms with E-state index in [4.69, 9.17) is 9.47 Å². The molecule has 2 saturated heterocycles. The van der Waals surface area contributed by atoms with Gasteiger partial charge in [-0.05, 0) is 86.5 Å². The number of hydrogen-bond acceptors (Lipinski definition) is 6. The Kier molecular flexibility index (Phi) is 7.30. The number of rotatable bonds is 3. The first-order valence-electron chi connectivity index (χ1n) is 12.7. The first-order chi connectivity index (χ1) is 16.7. The van der Waals surface area contributed by atoms with Crippen LogP contribution in [0, 0.1) is 5.92 Å². The van der Waals surface area contributed by atoms with E-state index in [2.05, 4.69) is 32.2 Å². The number of pyridine rings is 1. The fourth-order valence-electron chi connectivity index (χ4n) is 5.93. The SMILES string of the molecule is COc1ccc2cc1OCCCCN(Cc1ccncc1)CC(=O)NC[C@H]1C[C@H]2N2CCC[C@@H]12. The molecule has 2 fully saturated rings. The number of ether oxygens (including phenoxy) is 2. The molecule has 5 rings (SSSR count). The van der Waals surface area contributed by atoms with Crippen molar-refractivity contribution in [2.24, 2.45) is 5.92 Å². The fourth-order valence-corrected chi connectivity index (χ4v) is 5.93. The number of aromatic nitrogens is 1. The van der Waals surface area contributed by atoms with Crippen molar-refractivity contribution in [1.29, 1.82) is 0 Å². The molecule has 7 heteroatoms. The Morgan fingerprint density at radius 1 is 1.15 bits per heavy atom. The highest BCUT2D eigenvalue weighted by Gasteiger charge is 2.44. The summed E-state index contributed by atoms with van der Waals surface area (Å²) in [7, 11) is 1.70. The number of hydrogen-bond donors (Lipinski definition) is 1. The predicted octanol–water partition coefficient (Wildman–Crippen LogP) is 3.41. The van der Waals surface area contributed by atoms with E-state index in [1.807, 2.05) is 30.6 Å². The minimum atomic E-state index is 0.122. The van der Waals surface area contributed by atoms with E-state index in [9.17, 15) is 4.79 Å². The maximum Gasteiger partial charge on any atom is 0.234 e. The fraction of sp³-hybridized carbons (Fsp3) is 0.556. The van der Waals surface area contributed by atoms with Gasteiger partial charge < -0.3 is 14.8 Å². The second-order valence-electron chi connectivity index (χ2n) is 9.80. The Balaban J connectivity index is 1.36. The number of amides is 1. The Morgan fingerprint density at radius 3 is 2.88 bits per heavy atom. The summed E-state index contributed by atoms with van der Waals surface area (Å²) in [5, 5.41) is 3.28. The van der Waals surface area contributed by atoms with Crippen LogP contribution in [0.1, 0.15) is 49.3 Å².